The summed E-state index contributed by atoms with van der Waals surface area (Å²) in [4.78, 5) is 34.3. The molecule has 0 radical (unpaired) electrons. The molecule has 0 saturated heterocycles. The second kappa shape index (κ2) is 6.10. The van der Waals surface area contributed by atoms with Gasteiger partial charge in [0.1, 0.15) is 5.78 Å². The molecule has 19 heavy (non-hydrogen) atoms. The highest BCUT2D eigenvalue weighted by atomic mass is 79.9. The topological polar surface area (TPSA) is 63.2 Å². The van der Waals surface area contributed by atoms with Crippen LogP contribution in [0.1, 0.15) is 45.5 Å². The van der Waals surface area contributed by atoms with Gasteiger partial charge in [0.25, 0.3) is 11.8 Å². The second-order valence-corrected chi connectivity index (χ2v) is 5.06. The number of hydrogen-bond donors (Lipinski definition) is 1. The highest BCUT2D eigenvalue weighted by Gasteiger charge is 2.28. The Hall–Kier alpha value is -1.49. The average molecular weight is 324 g/mol. The Morgan fingerprint density at radius 1 is 1.16 bits per heavy atom. The zero-order valence-corrected chi connectivity index (χ0v) is 12.0. The van der Waals surface area contributed by atoms with E-state index in [-0.39, 0.29) is 17.6 Å². The lowest BCUT2D eigenvalue weighted by atomic mass is 9.98. The number of nitrogens with one attached hydrogen (secondary N) is 1. The van der Waals surface area contributed by atoms with E-state index in [2.05, 4.69) is 21.2 Å². The lowest BCUT2D eigenvalue weighted by Gasteiger charge is -2.05. The van der Waals surface area contributed by atoms with Crippen LogP contribution in [0.25, 0.3) is 0 Å². The van der Waals surface area contributed by atoms with Crippen LogP contribution in [-0.2, 0) is 11.2 Å². The maximum Gasteiger partial charge on any atom is 0.259 e. The Balaban J connectivity index is 2.01. The van der Waals surface area contributed by atoms with Gasteiger partial charge in [0, 0.05) is 6.42 Å². The summed E-state index contributed by atoms with van der Waals surface area (Å²) >= 11 is 3.13. The number of fused-ring (bicyclic) bond motifs is 1. The van der Waals surface area contributed by atoms with E-state index in [1.807, 2.05) is 6.07 Å². The molecule has 2 rings (SSSR count). The number of unbranched alkanes of at least 4 members (excludes halogenated alkanes) is 1. The van der Waals surface area contributed by atoms with Gasteiger partial charge in [-0.25, -0.2) is 0 Å². The molecule has 1 N–H and O–H groups in total. The lowest BCUT2D eigenvalue weighted by Crippen LogP contribution is -2.20. The summed E-state index contributed by atoms with van der Waals surface area (Å²) in [6.07, 6.45) is 2.88. The number of imide groups is 1. The van der Waals surface area contributed by atoms with Gasteiger partial charge in [-0.2, -0.15) is 0 Å². The van der Waals surface area contributed by atoms with Crippen molar-refractivity contribution in [3.8, 4) is 0 Å². The zero-order valence-electron chi connectivity index (χ0n) is 10.4. The van der Waals surface area contributed by atoms with Gasteiger partial charge >= 0.3 is 0 Å². The van der Waals surface area contributed by atoms with E-state index in [9.17, 15) is 14.4 Å². The van der Waals surface area contributed by atoms with E-state index in [1.165, 1.54) is 0 Å². The van der Waals surface area contributed by atoms with Gasteiger partial charge in [0.2, 0.25) is 0 Å². The fourth-order valence-corrected chi connectivity index (χ4v) is 2.48. The summed E-state index contributed by atoms with van der Waals surface area (Å²) in [5, 5.41) is 2.70. The SMILES string of the molecule is O=C(CBr)CCCCc1cccc2c1C(=O)NC2=O. The summed E-state index contributed by atoms with van der Waals surface area (Å²) in [5.74, 6) is -0.449. The van der Waals surface area contributed by atoms with Crippen molar-refractivity contribution in [2.24, 2.45) is 0 Å². The van der Waals surface area contributed by atoms with Gasteiger partial charge in [0.15, 0.2) is 0 Å². The Morgan fingerprint density at radius 2 is 1.95 bits per heavy atom. The maximum atomic E-state index is 11.7. The molecule has 0 atom stereocenters. The minimum Gasteiger partial charge on any atom is -0.299 e. The Kier molecular flexibility index (Phi) is 4.47. The van der Waals surface area contributed by atoms with Crippen LogP contribution in [0.3, 0.4) is 0 Å². The van der Waals surface area contributed by atoms with Crippen molar-refractivity contribution in [3.05, 3.63) is 34.9 Å². The second-order valence-electron chi connectivity index (χ2n) is 4.50. The van der Waals surface area contributed by atoms with Crippen LogP contribution in [0.5, 0.6) is 0 Å². The minimum atomic E-state index is -0.323. The van der Waals surface area contributed by atoms with Crippen molar-refractivity contribution >= 4 is 33.5 Å². The summed E-state index contributed by atoms with van der Waals surface area (Å²) < 4.78 is 0. The molecule has 0 aliphatic carbocycles. The molecular formula is C14H14BrNO3. The van der Waals surface area contributed by atoms with Gasteiger partial charge in [0.05, 0.1) is 16.5 Å². The Morgan fingerprint density at radius 3 is 2.68 bits per heavy atom. The molecule has 0 bridgehead atoms. The first kappa shape index (κ1) is 13.9. The van der Waals surface area contributed by atoms with Crippen molar-refractivity contribution < 1.29 is 14.4 Å². The van der Waals surface area contributed by atoms with Gasteiger partial charge < -0.3 is 0 Å². The zero-order chi connectivity index (χ0) is 13.8. The van der Waals surface area contributed by atoms with Crippen molar-refractivity contribution in [1.82, 2.24) is 5.32 Å². The number of ketones is 1. The smallest absolute Gasteiger partial charge is 0.259 e. The third-order valence-electron chi connectivity index (χ3n) is 3.15. The molecule has 2 amide bonds. The summed E-state index contributed by atoms with van der Waals surface area (Å²) in [5.41, 5.74) is 1.84. The fourth-order valence-electron chi connectivity index (χ4n) is 2.20. The quantitative estimate of drug-likeness (QED) is 0.496. The number of carbonyl (C=O) groups is 3. The van der Waals surface area contributed by atoms with E-state index >= 15 is 0 Å². The van der Waals surface area contributed by atoms with Crippen LogP contribution >= 0.6 is 15.9 Å². The molecule has 1 heterocycles. The third-order valence-corrected chi connectivity index (χ3v) is 3.78. The standard InChI is InChI=1S/C14H14BrNO3/c15-8-10(17)6-2-1-4-9-5-3-7-11-12(9)14(19)16-13(11)18/h3,5,7H,1-2,4,6,8H2,(H,16,18,19). The lowest BCUT2D eigenvalue weighted by molar-refractivity contribution is -0.116. The molecule has 100 valence electrons. The van der Waals surface area contributed by atoms with Crippen LogP contribution in [-0.4, -0.2) is 22.9 Å². The molecule has 0 saturated carbocycles. The normalized spacial score (nSPS) is 13.3. The van der Waals surface area contributed by atoms with Crippen LogP contribution in [0.2, 0.25) is 0 Å². The molecule has 0 fully saturated rings. The first-order valence-corrected chi connectivity index (χ1v) is 7.31. The highest BCUT2D eigenvalue weighted by molar-refractivity contribution is 9.09. The minimum absolute atomic E-state index is 0.186. The average Bonchev–Trinajstić information content (AvgIpc) is 2.70. The summed E-state index contributed by atoms with van der Waals surface area (Å²) in [6.45, 7) is 0. The predicted octanol–water partition coefficient (Wildman–Crippen LogP) is 2.25. The number of Topliss-reactive ketones (excluding diaryl/α,β-unsaturated/α-hetero) is 1. The van der Waals surface area contributed by atoms with Crippen LogP contribution in [0.4, 0.5) is 0 Å². The molecule has 1 aliphatic heterocycles. The van der Waals surface area contributed by atoms with Crippen LogP contribution in [0.15, 0.2) is 18.2 Å². The molecule has 0 spiro atoms. The first-order chi connectivity index (χ1) is 9.13. The van der Waals surface area contributed by atoms with Gasteiger partial charge in [-0.05, 0) is 30.9 Å². The van der Waals surface area contributed by atoms with E-state index < -0.39 is 0 Å². The monoisotopic (exact) mass is 323 g/mol. The number of alkyl halides is 1. The van der Waals surface area contributed by atoms with Crippen LogP contribution in [0, 0.1) is 0 Å². The predicted molar refractivity (Wildman–Crippen MR) is 74.6 cm³/mol. The fraction of sp³-hybridized carbons (Fsp3) is 0.357. The number of aryl methyl sites for hydroxylation is 1. The number of hydrogen-bond acceptors (Lipinski definition) is 3. The Bertz CT molecular complexity index is 539. The van der Waals surface area contributed by atoms with Gasteiger partial charge in [-0.15, -0.1) is 0 Å². The number of rotatable bonds is 6. The molecule has 0 unspecified atom stereocenters. The molecule has 0 aromatic heterocycles. The van der Waals surface area contributed by atoms with E-state index in [4.69, 9.17) is 0 Å². The van der Waals surface area contributed by atoms with E-state index in [0.717, 1.165) is 18.4 Å². The number of carbonyl (C=O) groups excluding carboxylic acids is 3. The first-order valence-electron chi connectivity index (χ1n) is 6.18. The maximum absolute atomic E-state index is 11.7. The largest absolute Gasteiger partial charge is 0.299 e. The molecule has 1 aromatic carbocycles. The highest BCUT2D eigenvalue weighted by Crippen LogP contribution is 2.21. The summed E-state index contributed by atoms with van der Waals surface area (Å²) in [6, 6.07) is 5.31. The molecule has 4 nitrogen and oxygen atoms in total. The van der Waals surface area contributed by atoms with Crippen LogP contribution < -0.4 is 5.32 Å². The molecular weight excluding hydrogens is 310 g/mol. The Labute approximate surface area is 119 Å². The van der Waals surface area contributed by atoms with Gasteiger partial charge in [-0.3, -0.25) is 19.7 Å². The number of benzene rings is 1. The number of halogens is 1. The number of amides is 2. The van der Waals surface area contributed by atoms with Crippen molar-refractivity contribution in [2.45, 2.75) is 25.7 Å². The van der Waals surface area contributed by atoms with Crippen molar-refractivity contribution in [2.75, 3.05) is 5.33 Å². The van der Waals surface area contributed by atoms with Gasteiger partial charge in [-0.1, -0.05) is 28.1 Å². The molecule has 1 aromatic rings. The third kappa shape index (κ3) is 3.10. The molecule has 5 heteroatoms. The molecule has 1 aliphatic rings. The summed E-state index contributed by atoms with van der Waals surface area (Å²) in [7, 11) is 0. The van der Waals surface area contributed by atoms with E-state index in [1.54, 1.807) is 12.1 Å². The van der Waals surface area contributed by atoms with Crippen molar-refractivity contribution in [3.63, 3.8) is 0 Å². The van der Waals surface area contributed by atoms with E-state index in [0.29, 0.717) is 29.3 Å². The van der Waals surface area contributed by atoms with Crippen molar-refractivity contribution in [1.29, 1.82) is 0 Å².